The Morgan fingerprint density at radius 2 is 2.14 bits per heavy atom. The van der Waals surface area contributed by atoms with E-state index < -0.39 is 29.0 Å². The van der Waals surface area contributed by atoms with E-state index in [4.69, 9.17) is 5.11 Å². The van der Waals surface area contributed by atoms with Crippen LogP contribution in [0.4, 0.5) is 14.5 Å². The van der Waals surface area contributed by atoms with Gasteiger partial charge in [-0.15, -0.1) is 0 Å². The van der Waals surface area contributed by atoms with Crippen molar-refractivity contribution in [2.24, 2.45) is 0 Å². The Morgan fingerprint density at radius 1 is 1.41 bits per heavy atom. The third-order valence-corrected chi connectivity index (χ3v) is 3.98. The summed E-state index contributed by atoms with van der Waals surface area (Å²) in [4.78, 5) is 10.6. The molecule has 0 saturated heterocycles. The summed E-state index contributed by atoms with van der Waals surface area (Å²) in [7, 11) is -4.04. The maximum absolute atomic E-state index is 12.2. The number of hydrogen-bond acceptors (Lipinski definition) is 4. The number of carbonyl (C=O) groups is 1. The molecular weight excluding hydrogens is 320 g/mol. The van der Waals surface area contributed by atoms with Crippen LogP contribution in [0.5, 0.6) is 0 Å². The fourth-order valence-electron chi connectivity index (χ4n) is 1.67. The van der Waals surface area contributed by atoms with Gasteiger partial charge in [0.25, 0.3) is 16.4 Å². The first-order valence-electron chi connectivity index (χ1n) is 5.95. The van der Waals surface area contributed by atoms with Crippen LogP contribution < -0.4 is 4.72 Å². The number of nitrogens with one attached hydrogen (secondary N) is 1. The van der Waals surface area contributed by atoms with Crippen molar-refractivity contribution in [2.75, 3.05) is 4.72 Å². The van der Waals surface area contributed by atoms with Crippen molar-refractivity contribution in [3.63, 3.8) is 0 Å². The van der Waals surface area contributed by atoms with Crippen LogP contribution in [0.1, 0.15) is 10.4 Å². The number of benzene rings is 1. The Kier molecular flexibility index (Phi) is 4.40. The van der Waals surface area contributed by atoms with Gasteiger partial charge in [-0.3, -0.25) is 9.40 Å². The van der Waals surface area contributed by atoms with Crippen molar-refractivity contribution in [1.82, 2.24) is 9.78 Å². The minimum atomic E-state index is -4.04. The molecule has 0 radical (unpaired) electrons. The summed E-state index contributed by atoms with van der Waals surface area (Å²) in [5.74, 6) is -1.26. The molecular formula is C12H11F2N3O4S. The fraction of sp³-hybridized carbons (Fsp3) is 0.167. The Labute approximate surface area is 124 Å². The first-order valence-corrected chi connectivity index (χ1v) is 7.43. The van der Waals surface area contributed by atoms with Gasteiger partial charge in [0.05, 0.1) is 22.3 Å². The zero-order valence-electron chi connectivity index (χ0n) is 11.0. The number of carboxylic acid groups (broad SMARTS) is 1. The van der Waals surface area contributed by atoms with E-state index in [2.05, 4.69) is 9.82 Å². The van der Waals surface area contributed by atoms with Crippen LogP contribution in [0.15, 0.2) is 41.6 Å². The predicted molar refractivity (Wildman–Crippen MR) is 72.4 cm³/mol. The highest BCUT2D eigenvalue weighted by Crippen LogP contribution is 2.17. The lowest BCUT2D eigenvalue weighted by atomic mass is 10.2. The highest BCUT2D eigenvalue weighted by atomic mass is 32.2. The number of halogens is 2. The number of sulfonamides is 1. The second kappa shape index (κ2) is 6.10. The lowest BCUT2D eigenvalue weighted by Gasteiger charge is -2.06. The van der Waals surface area contributed by atoms with Crippen LogP contribution in [0.25, 0.3) is 0 Å². The average molecular weight is 331 g/mol. The van der Waals surface area contributed by atoms with E-state index >= 15 is 0 Å². The third kappa shape index (κ3) is 3.79. The fourth-order valence-corrected chi connectivity index (χ4v) is 2.74. The van der Waals surface area contributed by atoms with Gasteiger partial charge in [-0.1, -0.05) is 6.07 Å². The highest BCUT2D eigenvalue weighted by molar-refractivity contribution is 7.92. The summed E-state index contributed by atoms with van der Waals surface area (Å²) in [5, 5.41) is 12.4. The summed E-state index contributed by atoms with van der Waals surface area (Å²) in [5.41, 5.74) is -0.183. The number of carboxylic acids is 1. The molecule has 118 valence electrons. The molecule has 10 heteroatoms. The first-order chi connectivity index (χ1) is 10.3. The maximum atomic E-state index is 12.2. The molecule has 2 aromatic rings. The van der Waals surface area contributed by atoms with Gasteiger partial charge in [-0.2, -0.15) is 5.10 Å². The van der Waals surface area contributed by atoms with Gasteiger partial charge in [-0.05, 0) is 18.2 Å². The van der Waals surface area contributed by atoms with E-state index in [0.29, 0.717) is 0 Å². The minimum Gasteiger partial charge on any atom is -0.478 e. The molecule has 0 aliphatic rings. The van der Waals surface area contributed by atoms with Crippen LogP contribution in [0, 0.1) is 0 Å². The Morgan fingerprint density at radius 3 is 2.77 bits per heavy atom. The van der Waals surface area contributed by atoms with E-state index in [-0.39, 0.29) is 16.1 Å². The molecule has 0 bridgehead atoms. The number of anilines is 1. The second-order valence-corrected chi connectivity index (χ2v) is 5.96. The summed E-state index contributed by atoms with van der Waals surface area (Å²) < 4.78 is 51.7. The van der Waals surface area contributed by atoms with E-state index in [9.17, 15) is 22.0 Å². The molecule has 0 atom stereocenters. The van der Waals surface area contributed by atoms with Crippen LogP contribution in [0.2, 0.25) is 0 Å². The number of rotatable bonds is 6. The zero-order valence-corrected chi connectivity index (χ0v) is 11.8. The van der Waals surface area contributed by atoms with E-state index in [1.807, 2.05) is 0 Å². The number of aromatic nitrogens is 2. The third-order valence-electron chi connectivity index (χ3n) is 2.60. The second-order valence-electron chi connectivity index (χ2n) is 4.28. The lowest BCUT2D eigenvalue weighted by molar-refractivity contribution is 0.0696. The van der Waals surface area contributed by atoms with Crippen LogP contribution >= 0.6 is 0 Å². The molecule has 0 unspecified atom stereocenters. The molecule has 0 aliphatic heterocycles. The Hall–Kier alpha value is -2.49. The molecule has 0 amide bonds. The summed E-state index contributed by atoms with van der Waals surface area (Å²) in [6.07, 6.45) is -0.414. The van der Waals surface area contributed by atoms with Gasteiger partial charge < -0.3 is 5.11 Å². The summed E-state index contributed by atoms with van der Waals surface area (Å²) in [6, 6.07) is 4.76. The van der Waals surface area contributed by atoms with Crippen LogP contribution in [-0.4, -0.2) is 35.7 Å². The Bertz CT molecular complexity index is 789. The van der Waals surface area contributed by atoms with Gasteiger partial charge in [0, 0.05) is 6.20 Å². The molecule has 2 rings (SSSR count). The molecule has 1 heterocycles. The number of hydrogen-bond donors (Lipinski definition) is 2. The van der Waals surface area contributed by atoms with Crippen molar-refractivity contribution < 1.29 is 27.1 Å². The standard InChI is InChI=1S/C12H11F2N3O4S/c13-11(14)7-17-6-9(5-15-17)16-22(20,21)10-3-1-2-8(4-10)12(18)19/h1-6,11,16H,7H2,(H,18,19). The van der Waals surface area contributed by atoms with Crippen LogP contribution in [-0.2, 0) is 16.6 Å². The van der Waals surface area contributed by atoms with Crippen molar-refractivity contribution in [3.8, 4) is 0 Å². The van der Waals surface area contributed by atoms with E-state index in [1.165, 1.54) is 18.2 Å². The normalized spacial score (nSPS) is 11.6. The monoisotopic (exact) mass is 331 g/mol. The highest BCUT2D eigenvalue weighted by Gasteiger charge is 2.17. The van der Waals surface area contributed by atoms with Crippen molar-refractivity contribution in [3.05, 3.63) is 42.2 Å². The van der Waals surface area contributed by atoms with Gasteiger partial charge in [-0.25, -0.2) is 22.0 Å². The molecule has 22 heavy (non-hydrogen) atoms. The van der Waals surface area contributed by atoms with Crippen LogP contribution in [0.3, 0.4) is 0 Å². The molecule has 0 saturated carbocycles. The van der Waals surface area contributed by atoms with Crippen molar-refractivity contribution in [2.45, 2.75) is 17.9 Å². The largest absolute Gasteiger partial charge is 0.478 e. The van der Waals surface area contributed by atoms with Gasteiger partial charge in [0.15, 0.2) is 0 Å². The topological polar surface area (TPSA) is 101 Å². The molecule has 2 N–H and O–H groups in total. The minimum absolute atomic E-state index is 0.00128. The maximum Gasteiger partial charge on any atom is 0.335 e. The quantitative estimate of drug-likeness (QED) is 0.838. The molecule has 1 aromatic carbocycles. The molecule has 0 spiro atoms. The van der Waals surface area contributed by atoms with Crippen molar-refractivity contribution >= 4 is 21.7 Å². The predicted octanol–water partition coefficient (Wildman–Crippen LogP) is 1.65. The van der Waals surface area contributed by atoms with E-state index in [1.54, 1.807) is 0 Å². The van der Waals surface area contributed by atoms with Gasteiger partial charge >= 0.3 is 5.97 Å². The summed E-state index contributed by atoms with van der Waals surface area (Å²) in [6.45, 7) is -0.657. The SMILES string of the molecule is O=C(O)c1cccc(S(=O)(=O)Nc2cnn(CC(F)F)c2)c1. The molecule has 0 aliphatic carbocycles. The molecule has 1 aromatic heterocycles. The Balaban J connectivity index is 2.22. The van der Waals surface area contributed by atoms with Gasteiger partial charge in [0.2, 0.25) is 0 Å². The zero-order chi connectivity index (χ0) is 16.3. The first kappa shape index (κ1) is 15.9. The summed E-state index contributed by atoms with van der Waals surface area (Å²) >= 11 is 0. The van der Waals surface area contributed by atoms with E-state index in [0.717, 1.165) is 23.1 Å². The lowest BCUT2D eigenvalue weighted by Crippen LogP contribution is -2.13. The molecule has 0 fully saturated rings. The number of nitrogens with zero attached hydrogens (tertiary/aromatic N) is 2. The molecule has 7 nitrogen and oxygen atoms in total. The van der Waals surface area contributed by atoms with Crippen molar-refractivity contribution in [1.29, 1.82) is 0 Å². The number of aromatic carboxylic acids is 1. The number of alkyl halides is 2. The smallest absolute Gasteiger partial charge is 0.335 e. The average Bonchev–Trinajstić information content (AvgIpc) is 2.84. The van der Waals surface area contributed by atoms with Gasteiger partial charge in [0.1, 0.15) is 6.54 Å².